The Bertz CT molecular complexity index is 897. The summed E-state index contributed by atoms with van der Waals surface area (Å²) in [5.41, 5.74) is 8.34. The third kappa shape index (κ3) is 3.61. The standard InChI is InChI=1S/C24H25F2Si/c1-14-10-18(25)11-15(2)22(14)20-8-7-9-21(24(20)27(5)6)23-16(3)12-19(26)13-17(23)4/h7-13H,1-6H3/q+1. The second-order valence-corrected chi connectivity index (χ2v) is 10.1. The Morgan fingerprint density at radius 1 is 0.630 bits per heavy atom. The Kier molecular flexibility index (Phi) is 5.34. The molecular weight excluding hydrogens is 354 g/mol. The number of hydrogen-bond acceptors (Lipinski definition) is 0. The molecule has 0 amide bonds. The van der Waals surface area contributed by atoms with E-state index in [1.54, 1.807) is 24.3 Å². The van der Waals surface area contributed by atoms with Crippen molar-refractivity contribution in [2.75, 3.05) is 0 Å². The first-order valence-electron chi connectivity index (χ1n) is 9.18. The van der Waals surface area contributed by atoms with Crippen LogP contribution < -0.4 is 5.19 Å². The van der Waals surface area contributed by atoms with E-state index in [1.165, 1.54) is 16.3 Å². The van der Waals surface area contributed by atoms with Crippen molar-refractivity contribution in [3.63, 3.8) is 0 Å². The van der Waals surface area contributed by atoms with Gasteiger partial charge in [-0.3, -0.25) is 0 Å². The molecule has 0 aliphatic rings. The van der Waals surface area contributed by atoms with Gasteiger partial charge in [0, 0.05) is 11.1 Å². The zero-order chi connectivity index (χ0) is 19.9. The summed E-state index contributed by atoms with van der Waals surface area (Å²) < 4.78 is 27.7. The Hall–Kier alpha value is -2.26. The fourth-order valence-electron chi connectivity index (χ4n) is 4.18. The summed E-state index contributed by atoms with van der Waals surface area (Å²) in [6, 6.07) is 12.7. The molecule has 0 aliphatic heterocycles. The number of hydrogen-bond donors (Lipinski definition) is 0. The number of aryl methyl sites for hydroxylation is 4. The highest BCUT2D eigenvalue weighted by molar-refractivity contribution is 6.73. The fourth-order valence-corrected chi connectivity index (χ4v) is 5.67. The van der Waals surface area contributed by atoms with Crippen molar-refractivity contribution in [3.05, 3.63) is 76.4 Å². The van der Waals surface area contributed by atoms with Gasteiger partial charge in [-0.05, 0) is 85.3 Å². The second kappa shape index (κ2) is 7.39. The van der Waals surface area contributed by atoms with Gasteiger partial charge in [0.25, 0.3) is 0 Å². The van der Waals surface area contributed by atoms with Crippen LogP contribution in [0, 0.1) is 39.3 Å². The van der Waals surface area contributed by atoms with E-state index in [0.29, 0.717) is 0 Å². The quantitative estimate of drug-likeness (QED) is 0.456. The Balaban J connectivity index is 2.37. The van der Waals surface area contributed by atoms with Gasteiger partial charge in [-0.2, -0.15) is 0 Å². The largest absolute Gasteiger partial charge is 0.347 e. The molecule has 0 aromatic heterocycles. The van der Waals surface area contributed by atoms with Crippen LogP contribution in [-0.4, -0.2) is 8.80 Å². The fraction of sp³-hybridized carbons (Fsp3) is 0.250. The third-order valence-electron chi connectivity index (χ3n) is 5.10. The summed E-state index contributed by atoms with van der Waals surface area (Å²) >= 11 is 0. The molecule has 0 heterocycles. The highest BCUT2D eigenvalue weighted by atomic mass is 28.3. The maximum Gasteiger partial charge on any atom is 0.347 e. The second-order valence-electron chi connectivity index (χ2n) is 7.56. The first kappa shape index (κ1) is 19.5. The smallest absolute Gasteiger partial charge is 0.207 e. The van der Waals surface area contributed by atoms with E-state index in [4.69, 9.17) is 0 Å². The van der Waals surface area contributed by atoms with Gasteiger partial charge in [0.1, 0.15) is 16.8 Å². The predicted octanol–water partition coefficient (Wildman–Crippen LogP) is 6.49. The molecule has 0 nitrogen and oxygen atoms in total. The molecule has 0 saturated carbocycles. The van der Waals surface area contributed by atoms with Gasteiger partial charge < -0.3 is 0 Å². The normalized spacial score (nSPS) is 11.0. The van der Waals surface area contributed by atoms with Gasteiger partial charge in [0.05, 0.1) is 13.1 Å². The number of benzene rings is 3. The Labute approximate surface area is 162 Å². The SMILES string of the molecule is Cc1cc(F)cc(C)c1-c1cccc(-c2c(C)cc(F)cc2C)c1[Si+](C)C. The highest BCUT2D eigenvalue weighted by Crippen LogP contribution is 2.33. The lowest BCUT2D eigenvalue weighted by Crippen LogP contribution is -2.28. The van der Waals surface area contributed by atoms with Crippen molar-refractivity contribution in [3.8, 4) is 22.3 Å². The van der Waals surface area contributed by atoms with Gasteiger partial charge >= 0.3 is 8.80 Å². The molecule has 0 atom stereocenters. The topological polar surface area (TPSA) is 0 Å². The molecule has 3 rings (SSSR count). The lowest BCUT2D eigenvalue weighted by atomic mass is 9.90. The van der Waals surface area contributed by atoms with Crippen molar-refractivity contribution in [1.82, 2.24) is 0 Å². The van der Waals surface area contributed by atoms with E-state index >= 15 is 0 Å². The highest BCUT2D eigenvalue weighted by Gasteiger charge is 2.28. The van der Waals surface area contributed by atoms with Crippen LogP contribution in [0.25, 0.3) is 22.3 Å². The van der Waals surface area contributed by atoms with E-state index in [9.17, 15) is 8.78 Å². The van der Waals surface area contributed by atoms with Crippen molar-refractivity contribution in [1.29, 1.82) is 0 Å². The van der Waals surface area contributed by atoms with E-state index in [0.717, 1.165) is 33.4 Å². The van der Waals surface area contributed by atoms with Crippen LogP contribution >= 0.6 is 0 Å². The van der Waals surface area contributed by atoms with Crippen LogP contribution in [0.5, 0.6) is 0 Å². The van der Waals surface area contributed by atoms with Crippen LogP contribution in [0.3, 0.4) is 0 Å². The minimum Gasteiger partial charge on any atom is -0.207 e. The van der Waals surface area contributed by atoms with Gasteiger partial charge in [-0.1, -0.05) is 18.2 Å². The summed E-state index contributed by atoms with van der Waals surface area (Å²) in [6.45, 7) is 12.4. The summed E-state index contributed by atoms with van der Waals surface area (Å²) in [4.78, 5) is 0. The maximum atomic E-state index is 13.8. The van der Waals surface area contributed by atoms with Crippen molar-refractivity contribution >= 4 is 14.0 Å². The van der Waals surface area contributed by atoms with Crippen molar-refractivity contribution < 1.29 is 8.78 Å². The lowest BCUT2D eigenvalue weighted by Gasteiger charge is -2.17. The van der Waals surface area contributed by atoms with Crippen LogP contribution in [0.2, 0.25) is 13.1 Å². The van der Waals surface area contributed by atoms with Crippen LogP contribution in [-0.2, 0) is 0 Å². The molecule has 0 N–H and O–H groups in total. The molecule has 0 radical (unpaired) electrons. The summed E-state index contributed by atoms with van der Waals surface area (Å²) in [7, 11) is -0.839. The molecule has 0 unspecified atom stereocenters. The number of rotatable bonds is 3. The monoisotopic (exact) mass is 379 g/mol. The zero-order valence-corrected chi connectivity index (χ0v) is 17.8. The molecule has 0 fully saturated rings. The average Bonchev–Trinajstić information content (AvgIpc) is 2.52. The van der Waals surface area contributed by atoms with E-state index in [2.05, 4.69) is 31.3 Å². The Morgan fingerprint density at radius 2 is 0.963 bits per heavy atom. The third-order valence-corrected chi connectivity index (χ3v) is 6.64. The first-order valence-corrected chi connectivity index (χ1v) is 11.7. The van der Waals surface area contributed by atoms with Crippen LogP contribution in [0.15, 0.2) is 42.5 Å². The minimum atomic E-state index is -0.839. The summed E-state index contributed by atoms with van der Waals surface area (Å²) in [6.07, 6.45) is 0. The molecule has 3 aromatic carbocycles. The van der Waals surface area contributed by atoms with E-state index < -0.39 is 8.80 Å². The molecule has 3 aromatic rings. The van der Waals surface area contributed by atoms with Crippen molar-refractivity contribution in [2.24, 2.45) is 0 Å². The van der Waals surface area contributed by atoms with Crippen molar-refractivity contribution in [2.45, 2.75) is 40.8 Å². The van der Waals surface area contributed by atoms with Gasteiger partial charge in [0.2, 0.25) is 0 Å². The van der Waals surface area contributed by atoms with Crippen LogP contribution in [0.4, 0.5) is 8.78 Å². The summed E-state index contributed by atoms with van der Waals surface area (Å²) in [5, 5.41) is 1.32. The van der Waals surface area contributed by atoms with Gasteiger partial charge in [-0.25, -0.2) is 8.78 Å². The van der Waals surface area contributed by atoms with Gasteiger partial charge in [0.15, 0.2) is 0 Å². The maximum absolute atomic E-state index is 13.8. The molecule has 0 bridgehead atoms. The average molecular weight is 380 g/mol. The van der Waals surface area contributed by atoms with Crippen LogP contribution in [0.1, 0.15) is 22.3 Å². The first-order chi connectivity index (χ1) is 12.7. The van der Waals surface area contributed by atoms with Gasteiger partial charge in [-0.15, -0.1) is 0 Å². The molecule has 0 saturated heterocycles. The molecule has 27 heavy (non-hydrogen) atoms. The number of halogens is 2. The molecule has 138 valence electrons. The van der Waals surface area contributed by atoms with E-state index in [-0.39, 0.29) is 11.6 Å². The molecule has 0 spiro atoms. The lowest BCUT2D eigenvalue weighted by molar-refractivity contribution is 0.625. The summed E-state index contributed by atoms with van der Waals surface area (Å²) in [5.74, 6) is -0.398. The van der Waals surface area contributed by atoms with E-state index in [1.807, 2.05) is 27.7 Å². The zero-order valence-electron chi connectivity index (χ0n) is 16.8. The molecule has 3 heteroatoms. The predicted molar refractivity (Wildman–Crippen MR) is 113 cm³/mol. The minimum absolute atomic E-state index is 0.199. The Morgan fingerprint density at radius 3 is 1.26 bits per heavy atom. The molecule has 0 aliphatic carbocycles. The molecular formula is C24H25F2Si+.